The van der Waals surface area contributed by atoms with Gasteiger partial charge in [0.2, 0.25) is 0 Å². The zero-order valence-electron chi connectivity index (χ0n) is 2.99. The molecule has 0 unspecified atom stereocenters. The standard InChI is InChI=1S/C2H5ClO.Sn/c1-2-4-3;/h2H2,1H3;. The Morgan fingerprint density at radius 1 is 1.80 bits per heavy atom. The van der Waals surface area contributed by atoms with Gasteiger partial charge < -0.3 is 0 Å². The van der Waals surface area contributed by atoms with E-state index in [1.165, 1.54) is 0 Å². The van der Waals surface area contributed by atoms with Crippen LogP contribution in [0.25, 0.3) is 0 Å². The normalized spacial score (nSPS) is 6.00. The van der Waals surface area contributed by atoms with Crippen molar-refractivity contribution in [1.82, 2.24) is 0 Å². The monoisotopic (exact) mass is 200 g/mol. The van der Waals surface area contributed by atoms with E-state index in [1.54, 1.807) is 0 Å². The van der Waals surface area contributed by atoms with E-state index in [9.17, 15) is 0 Å². The average Bonchev–Trinajstić information content (AvgIpc) is 1.37. The van der Waals surface area contributed by atoms with Gasteiger partial charge in [0.15, 0.2) is 0 Å². The summed E-state index contributed by atoms with van der Waals surface area (Å²) in [5.41, 5.74) is 0. The second-order valence-electron chi connectivity index (χ2n) is 0.398. The van der Waals surface area contributed by atoms with Gasteiger partial charge in [-0.15, -0.1) is 0 Å². The van der Waals surface area contributed by atoms with Crippen LogP contribution >= 0.6 is 11.9 Å². The fraction of sp³-hybridized carbons (Fsp3) is 1.00. The molecule has 0 aromatic heterocycles. The van der Waals surface area contributed by atoms with E-state index >= 15 is 0 Å². The van der Waals surface area contributed by atoms with Crippen LogP contribution in [0.15, 0.2) is 0 Å². The SMILES string of the molecule is CCOCl.[Sn]. The van der Waals surface area contributed by atoms with Gasteiger partial charge in [0.25, 0.3) is 0 Å². The summed E-state index contributed by atoms with van der Waals surface area (Å²) in [6.45, 7) is 2.41. The van der Waals surface area contributed by atoms with Crippen molar-refractivity contribution in [2.75, 3.05) is 6.61 Å². The minimum Gasteiger partial charge on any atom is -0.280 e. The molecule has 0 bridgehead atoms. The molecule has 3 heteroatoms. The molecule has 5 heavy (non-hydrogen) atoms. The number of hydrogen-bond donors (Lipinski definition) is 0. The van der Waals surface area contributed by atoms with Crippen LogP contribution in [0.2, 0.25) is 0 Å². The van der Waals surface area contributed by atoms with Crippen molar-refractivity contribution in [3.63, 3.8) is 0 Å². The van der Waals surface area contributed by atoms with Crippen LogP contribution in [-0.4, -0.2) is 30.5 Å². The molecule has 30 valence electrons. The molecule has 0 aromatic rings. The Hall–Kier alpha value is 1.05. The molecule has 0 amide bonds. The van der Waals surface area contributed by atoms with E-state index in [-0.39, 0.29) is 23.9 Å². The third-order valence-corrected chi connectivity index (χ3v) is 0.327. The Labute approximate surface area is 53.8 Å². The van der Waals surface area contributed by atoms with Gasteiger partial charge in [0.05, 0.1) is 18.5 Å². The molecule has 0 saturated heterocycles. The Balaban J connectivity index is 0. The van der Waals surface area contributed by atoms with Gasteiger partial charge in [-0.2, -0.15) is 0 Å². The summed E-state index contributed by atoms with van der Waals surface area (Å²) >= 11 is 4.69. The van der Waals surface area contributed by atoms with E-state index in [2.05, 4.69) is 16.2 Å². The van der Waals surface area contributed by atoms with Crippen LogP contribution in [0.4, 0.5) is 0 Å². The van der Waals surface area contributed by atoms with E-state index < -0.39 is 0 Å². The first kappa shape index (κ1) is 9.41. The summed E-state index contributed by atoms with van der Waals surface area (Å²) in [5, 5.41) is 0. The van der Waals surface area contributed by atoms with Crippen molar-refractivity contribution in [3.8, 4) is 0 Å². The maximum absolute atomic E-state index is 4.69. The van der Waals surface area contributed by atoms with E-state index in [1.807, 2.05) is 6.92 Å². The quantitative estimate of drug-likeness (QED) is 0.567. The second-order valence-corrected chi connectivity index (χ2v) is 0.616. The van der Waals surface area contributed by atoms with Gasteiger partial charge in [0, 0.05) is 23.9 Å². The van der Waals surface area contributed by atoms with Crippen LogP contribution in [0.1, 0.15) is 6.92 Å². The molecule has 0 aliphatic carbocycles. The summed E-state index contributed by atoms with van der Waals surface area (Å²) in [5.74, 6) is 0. The molecule has 0 atom stereocenters. The number of rotatable bonds is 1. The summed E-state index contributed by atoms with van der Waals surface area (Å²) in [4.78, 5) is 0. The molecule has 0 heterocycles. The molecular formula is C2H5ClOSn. The second kappa shape index (κ2) is 8.90. The zero-order chi connectivity index (χ0) is 3.41. The molecule has 0 aliphatic heterocycles. The Morgan fingerprint density at radius 3 is 2.00 bits per heavy atom. The first-order valence-corrected chi connectivity index (χ1v) is 1.46. The van der Waals surface area contributed by atoms with Crippen molar-refractivity contribution < 1.29 is 4.29 Å². The molecule has 1 nitrogen and oxygen atoms in total. The fourth-order valence-electron chi connectivity index (χ4n) is 0. The Morgan fingerprint density at radius 2 is 2.00 bits per heavy atom. The van der Waals surface area contributed by atoms with Gasteiger partial charge in [-0.25, -0.2) is 0 Å². The van der Waals surface area contributed by atoms with Crippen molar-refractivity contribution >= 4 is 35.8 Å². The summed E-state index contributed by atoms with van der Waals surface area (Å²) in [7, 11) is 0. The van der Waals surface area contributed by atoms with Crippen molar-refractivity contribution in [2.24, 2.45) is 0 Å². The van der Waals surface area contributed by atoms with Crippen molar-refractivity contribution in [3.05, 3.63) is 0 Å². The largest absolute Gasteiger partial charge is 0.280 e. The van der Waals surface area contributed by atoms with Crippen LogP contribution in [0.5, 0.6) is 0 Å². The van der Waals surface area contributed by atoms with E-state index in [0.29, 0.717) is 6.61 Å². The van der Waals surface area contributed by atoms with Crippen molar-refractivity contribution in [2.45, 2.75) is 6.92 Å². The maximum Gasteiger partial charge on any atom is 0.0654 e. The third kappa shape index (κ3) is 11.2. The van der Waals surface area contributed by atoms with Gasteiger partial charge in [0.1, 0.15) is 0 Å². The van der Waals surface area contributed by atoms with Gasteiger partial charge in [-0.05, 0) is 6.92 Å². The minimum absolute atomic E-state index is 0. The Kier molecular flexibility index (Phi) is 16.7. The van der Waals surface area contributed by atoms with Crippen molar-refractivity contribution in [1.29, 1.82) is 0 Å². The molecule has 0 saturated carbocycles. The van der Waals surface area contributed by atoms with Gasteiger partial charge in [-0.3, -0.25) is 4.29 Å². The molecular weight excluding hydrogens is 194 g/mol. The van der Waals surface area contributed by atoms with Crippen LogP contribution < -0.4 is 0 Å². The molecule has 0 rings (SSSR count). The molecule has 0 spiro atoms. The van der Waals surface area contributed by atoms with E-state index in [4.69, 9.17) is 0 Å². The van der Waals surface area contributed by atoms with Crippen LogP contribution in [0, 0.1) is 0 Å². The fourth-order valence-corrected chi connectivity index (χ4v) is 0. The van der Waals surface area contributed by atoms with Crippen LogP contribution in [0.3, 0.4) is 0 Å². The predicted octanol–water partition coefficient (Wildman–Crippen LogP) is 0.796. The minimum atomic E-state index is 0. The average molecular weight is 199 g/mol. The van der Waals surface area contributed by atoms with Crippen LogP contribution in [-0.2, 0) is 4.29 Å². The molecule has 0 aliphatic rings. The molecule has 0 fully saturated rings. The number of hydrogen-bond acceptors (Lipinski definition) is 1. The molecule has 0 aromatic carbocycles. The third-order valence-electron chi connectivity index (χ3n) is 0.109. The summed E-state index contributed by atoms with van der Waals surface area (Å²) in [6, 6.07) is 0. The maximum atomic E-state index is 4.69. The van der Waals surface area contributed by atoms with Gasteiger partial charge >= 0.3 is 0 Å². The smallest absolute Gasteiger partial charge is 0.0654 e. The molecule has 4 radical (unpaired) electrons. The molecule has 0 N–H and O–H groups in total. The Bertz CT molecular complexity index is 11.6. The van der Waals surface area contributed by atoms with Gasteiger partial charge in [-0.1, -0.05) is 0 Å². The number of halogens is 1. The topological polar surface area (TPSA) is 9.23 Å². The van der Waals surface area contributed by atoms with E-state index in [0.717, 1.165) is 0 Å². The summed E-state index contributed by atoms with van der Waals surface area (Å²) in [6.07, 6.45) is 0. The zero-order valence-corrected chi connectivity index (χ0v) is 6.60. The first-order valence-electron chi connectivity index (χ1n) is 1.15. The predicted molar refractivity (Wildman–Crippen MR) is 23.2 cm³/mol. The summed E-state index contributed by atoms with van der Waals surface area (Å²) < 4.78 is 4.01. The first-order chi connectivity index (χ1) is 1.91.